The number of ether oxygens (including phenoxy) is 1. The lowest BCUT2D eigenvalue weighted by atomic mass is 10.1. The molecule has 0 unspecified atom stereocenters. The predicted octanol–water partition coefficient (Wildman–Crippen LogP) is 3.99. The molecular weight excluding hydrogens is 238 g/mol. The topological polar surface area (TPSA) is 47.0 Å². The largest absolute Gasteiger partial charge is 0.472 e. The highest BCUT2D eigenvalue weighted by molar-refractivity contribution is 5.39. The van der Waals surface area contributed by atoms with Gasteiger partial charge in [0.05, 0.1) is 0 Å². The number of hydrogen-bond acceptors (Lipinski definition) is 4. The molecule has 0 radical (unpaired) electrons. The van der Waals surface area contributed by atoms with Crippen LogP contribution in [0.4, 0.5) is 5.82 Å². The van der Waals surface area contributed by atoms with E-state index in [1.54, 1.807) is 0 Å². The van der Waals surface area contributed by atoms with Crippen molar-refractivity contribution in [3.8, 4) is 5.88 Å². The summed E-state index contributed by atoms with van der Waals surface area (Å²) in [6.45, 7) is 13.5. The molecule has 0 aliphatic carbocycles. The third-order valence-corrected chi connectivity index (χ3v) is 3.02. The van der Waals surface area contributed by atoms with Crippen molar-refractivity contribution in [3.05, 3.63) is 11.9 Å². The van der Waals surface area contributed by atoms with Crippen LogP contribution in [0.25, 0.3) is 0 Å². The van der Waals surface area contributed by atoms with E-state index in [2.05, 4.69) is 56.8 Å². The molecule has 1 N–H and O–H groups in total. The lowest BCUT2D eigenvalue weighted by Gasteiger charge is -2.24. The van der Waals surface area contributed by atoms with Crippen molar-refractivity contribution in [1.29, 1.82) is 0 Å². The van der Waals surface area contributed by atoms with Crippen LogP contribution in [0.2, 0.25) is 0 Å². The minimum absolute atomic E-state index is 0.204. The second kappa shape index (κ2) is 6.73. The molecule has 0 atom stereocenters. The second-order valence-electron chi connectivity index (χ2n) is 5.75. The number of nitrogens with zero attached hydrogens (tertiary/aromatic N) is 2. The Morgan fingerprint density at radius 3 is 2.47 bits per heavy atom. The zero-order chi connectivity index (χ0) is 14.5. The van der Waals surface area contributed by atoms with E-state index in [9.17, 15) is 0 Å². The van der Waals surface area contributed by atoms with E-state index in [1.807, 2.05) is 6.07 Å². The van der Waals surface area contributed by atoms with Gasteiger partial charge in [0, 0.05) is 18.5 Å². The van der Waals surface area contributed by atoms with Crippen molar-refractivity contribution < 1.29 is 4.74 Å². The molecule has 4 nitrogen and oxygen atoms in total. The maximum atomic E-state index is 5.97. The van der Waals surface area contributed by atoms with Gasteiger partial charge in [-0.05, 0) is 26.7 Å². The van der Waals surface area contributed by atoms with Crippen molar-refractivity contribution in [1.82, 2.24) is 9.97 Å². The Kier molecular flexibility index (Phi) is 5.58. The Labute approximate surface area is 117 Å². The Hall–Kier alpha value is -1.32. The van der Waals surface area contributed by atoms with Crippen LogP contribution in [0.3, 0.4) is 0 Å². The monoisotopic (exact) mass is 265 g/mol. The maximum absolute atomic E-state index is 5.97. The molecule has 1 aromatic heterocycles. The summed E-state index contributed by atoms with van der Waals surface area (Å²) in [6, 6.07) is 1.89. The Morgan fingerprint density at radius 2 is 1.95 bits per heavy atom. The predicted molar refractivity (Wildman–Crippen MR) is 79.9 cm³/mol. The van der Waals surface area contributed by atoms with Gasteiger partial charge in [-0.1, -0.05) is 27.7 Å². The van der Waals surface area contributed by atoms with Gasteiger partial charge in [0.15, 0.2) is 0 Å². The van der Waals surface area contributed by atoms with Gasteiger partial charge in [0.1, 0.15) is 17.2 Å². The van der Waals surface area contributed by atoms with Crippen molar-refractivity contribution in [2.45, 2.75) is 65.9 Å². The highest BCUT2D eigenvalue weighted by Crippen LogP contribution is 2.23. The molecule has 0 bridgehead atoms. The molecule has 4 heteroatoms. The zero-order valence-corrected chi connectivity index (χ0v) is 13.1. The van der Waals surface area contributed by atoms with Crippen LogP contribution >= 0.6 is 0 Å². The molecule has 0 fully saturated rings. The van der Waals surface area contributed by atoms with Crippen molar-refractivity contribution in [2.24, 2.45) is 0 Å². The third-order valence-electron chi connectivity index (χ3n) is 3.02. The van der Waals surface area contributed by atoms with Crippen molar-refractivity contribution in [2.75, 3.05) is 11.9 Å². The van der Waals surface area contributed by atoms with Gasteiger partial charge >= 0.3 is 0 Å². The Morgan fingerprint density at radius 1 is 1.26 bits per heavy atom. The average molecular weight is 265 g/mol. The molecule has 0 saturated carbocycles. The molecule has 0 aliphatic heterocycles. The second-order valence-corrected chi connectivity index (χ2v) is 5.75. The number of anilines is 1. The first-order valence-corrected chi connectivity index (χ1v) is 7.19. The van der Waals surface area contributed by atoms with Crippen LogP contribution in [0.1, 0.15) is 66.1 Å². The molecule has 1 rings (SSSR count). The average Bonchev–Trinajstić information content (AvgIpc) is 2.35. The van der Waals surface area contributed by atoms with Gasteiger partial charge in [-0.15, -0.1) is 0 Å². The molecule has 1 aromatic rings. The van der Waals surface area contributed by atoms with E-state index in [0.29, 0.717) is 5.88 Å². The highest BCUT2D eigenvalue weighted by atomic mass is 16.5. The summed E-state index contributed by atoms with van der Waals surface area (Å²) in [5, 5.41) is 3.30. The number of hydrogen-bond donors (Lipinski definition) is 1. The van der Waals surface area contributed by atoms with E-state index < -0.39 is 0 Å². The first-order chi connectivity index (χ1) is 8.88. The first-order valence-electron chi connectivity index (χ1n) is 7.19. The van der Waals surface area contributed by atoms with Gasteiger partial charge < -0.3 is 10.1 Å². The maximum Gasteiger partial charge on any atom is 0.219 e. The fraction of sp³-hybridized carbons (Fsp3) is 0.733. The summed E-state index contributed by atoms with van der Waals surface area (Å²) < 4.78 is 5.97. The van der Waals surface area contributed by atoms with Crippen LogP contribution in [0.5, 0.6) is 5.88 Å². The number of aromatic nitrogens is 2. The zero-order valence-electron chi connectivity index (χ0n) is 13.1. The molecule has 0 amide bonds. The Balaban J connectivity index is 2.99. The summed E-state index contributed by atoms with van der Waals surface area (Å²) in [5.74, 6) is 2.62. The Bertz CT molecular complexity index is 402. The molecule has 19 heavy (non-hydrogen) atoms. The number of nitrogens with one attached hydrogen (secondary N) is 1. The van der Waals surface area contributed by atoms with E-state index >= 15 is 0 Å². The fourth-order valence-corrected chi connectivity index (χ4v) is 1.45. The van der Waals surface area contributed by atoms with Crippen molar-refractivity contribution >= 4 is 5.82 Å². The number of rotatable bonds is 7. The van der Waals surface area contributed by atoms with Gasteiger partial charge in [0.2, 0.25) is 5.88 Å². The quantitative estimate of drug-likeness (QED) is 0.809. The molecule has 0 saturated heterocycles. The third kappa shape index (κ3) is 5.05. The fourth-order valence-electron chi connectivity index (χ4n) is 1.45. The van der Waals surface area contributed by atoms with Crippen LogP contribution in [-0.2, 0) is 0 Å². The van der Waals surface area contributed by atoms with E-state index in [1.165, 1.54) is 0 Å². The molecule has 108 valence electrons. The normalized spacial score (nSPS) is 11.7. The molecular formula is C15H27N3O. The minimum Gasteiger partial charge on any atom is -0.472 e. The van der Waals surface area contributed by atoms with Gasteiger partial charge in [-0.25, -0.2) is 4.98 Å². The smallest absolute Gasteiger partial charge is 0.219 e. The molecule has 0 spiro atoms. The SMILES string of the molecule is CCCNc1cc(OC(C)(C)CC)nc(C(C)C)n1. The summed E-state index contributed by atoms with van der Waals surface area (Å²) in [6.07, 6.45) is 2.00. The van der Waals surface area contributed by atoms with Crippen LogP contribution < -0.4 is 10.1 Å². The van der Waals surface area contributed by atoms with Crippen LogP contribution in [0.15, 0.2) is 6.07 Å². The molecule has 0 aromatic carbocycles. The first kappa shape index (κ1) is 15.7. The summed E-state index contributed by atoms with van der Waals surface area (Å²) in [7, 11) is 0. The van der Waals surface area contributed by atoms with Gasteiger partial charge in [0.25, 0.3) is 0 Å². The standard InChI is InChI=1S/C15H27N3O/c1-7-9-16-12-10-13(19-15(5,6)8-2)18-14(17-12)11(3)4/h10-11H,7-9H2,1-6H3,(H,16,17,18). The lowest BCUT2D eigenvalue weighted by molar-refractivity contribution is 0.0985. The van der Waals surface area contributed by atoms with Crippen LogP contribution in [-0.4, -0.2) is 22.1 Å². The lowest BCUT2D eigenvalue weighted by Crippen LogP contribution is -2.27. The summed E-state index contributed by atoms with van der Waals surface area (Å²) in [5.41, 5.74) is -0.204. The minimum atomic E-state index is -0.204. The molecule has 1 heterocycles. The van der Waals surface area contributed by atoms with E-state index in [4.69, 9.17) is 4.74 Å². The van der Waals surface area contributed by atoms with E-state index in [0.717, 1.165) is 31.0 Å². The van der Waals surface area contributed by atoms with E-state index in [-0.39, 0.29) is 11.5 Å². The summed E-state index contributed by atoms with van der Waals surface area (Å²) >= 11 is 0. The van der Waals surface area contributed by atoms with Crippen LogP contribution in [0, 0.1) is 0 Å². The molecule has 0 aliphatic rings. The summed E-state index contributed by atoms with van der Waals surface area (Å²) in [4.78, 5) is 9.02. The van der Waals surface area contributed by atoms with Gasteiger partial charge in [-0.2, -0.15) is 4.98 Å². The van der Waals surface area contributed by atoms with Gasteiger partial charge in [-0.3, -0.25) is 0 Å². The highest BCUT2D eigenvalue weighted by Gasteiger charge is 2.19. The van der Waals surface area contributed by atoms with Crippen molar-refractivity contribution in [3.63, 3.8) is 0 Å².